The van der Waals surface area contributed by atoms with Gasteiger partial charge in [0.1, 0.15) is 0 Å². The Morgan fingerprint density at radius 2 is 2.29 bits per heavy atom. The maximum atomic E-state index is 3.79. The van der Waals surface area contributed by atoms with Crippen LogP contribution in [0.3, 0.4) is 0 Å². The van der Waals surface area contributed by atoms with E-state index in [4.69, 9.17) is 0 Å². The first-order chi connectivity index (χ1) is 8.34. The van der Waals surface area contributed by atoms with Crippen LogP contribution in [0.2, 0.25) is 0 Å². The predicted octanol–water partition coefficient (Wildman–Crippen LogP) is 2.77. The molecule has 2 aliphatic heterocycles. The smallest absolute Gasteiger partial charge is 0.0305 e. The minimum atomic E-state index is 0.733. The first-order valence-corrected chi connectivity index (χ1v) is 7.73. The molecule has 2 aliphatic rings. The molecule has 2 fully saturated rings. The number of nitrogens with one attached hydrogen (secondary N) is 1. The van der Waals surface area contributed by atoms with E-state index in [0.717, 1.165) is 18.6 Å². The first-order valence-electron chi connectivity index (χ1n) is 6.85. The standard InChI is InChI=1S/C14H22N2S/c1-11-6-9-17-14(11)10-15-12-5-8-16-7-3-2-4-13(12)16/h6,9,12-13,15H,2-5,7-8,10H2,1H3. The van der Waals surface area contributed by atoms with Gasteiger partial charge in [0.05, 0.1) is 0 Å². The Balaban J connectivity index is 1.57. The van der Waals surface area contributed by atoms with E-state index in [1.54, 1.807) is 0 Å². The number of aryl methyl sites for hydroxylation is 1. The SMILES string of the molecule is Cc1ccsc1CNC1CCN2CCCCC12. The van der Waals surface area contributed by atoms with Crippen LogP contribution in [0.25, 0.3) is 0 Å². The van der Waals surface area contributed by atoms with Crippen LogP contribution in [-0.2, 0) is 6.54 Å². The number of fused-ring (bicyclic) bond motifs is 1. The Bertz CT molecular complexity index is 374. The third-order valence-corrected chi connectivity index (χ3v) is 5.37. The third kappa shape index (κ3) is 2.42. The fourth-order valence-electron chi connectivity index (χ4n) is 3.29. The van der Waals surface area contributed by atoms with Gasteiger partial charge >= 0.3 is 0 Å². The molecule has 2 nitrogen and oxygen atoms in total. The van der Waals surface area contributed by atoms with Crippen molar-refractivity contribution in [2.24, 2.45) is 0 Å². The molecule has 17 heavy (non-hydrogen) atoms. The molecular formula is C14H22N2S. The Labute approximate surface area is 108 Å². The monoisotopic (exact) mass is 250 g/mol. The van der Waals surface area contributed by atoms with Crippen LogP contribution in [0, 0.1) is 6.92 Å². The minimum Gasteiger partial charge on any atom is -0.307 e. The average Bonchev–Trinajstić information content (AvgIpc) is 2.93. The van der Waals surface area contributed by atoms with Crippen LogP contribution in [0.4, 0.5) is 0 Å². The summed E-state index contributed by atoms with van der Waals surface area (Å²) in [6, 6.07) is 3.78. The van der Waals surface area contributed by atoms with Crippen molar-refractivity contribution in [3.8, 4) is 0 Å². The Kier molecular flexibility index (Phi) is 3.50. The van der Waals surface area contributed by atoms with E-state index in [9.17, 15) is 0 Å². The lowest BCUT2D eigenvalue weighted by Crippen LogP contribution is -2.44. The fraction of sp³-hybridized carbons (Fsp3) is 0.714. The van der Waals surface area contributed by atoms with Crippen molar-refractivity contribution in [1.82, 2.24) is 10.2 Å². The van der Waals surface area contributed by atoms with Gasteiger partial charge in [0.2, 0.25) is 0 Å². The van der Waals surface area contributed by atoms with E-state index in [-0.39, 0.29) is 0 Å². The van der Waals surface area contributed by atoms with Crippen molar-refractivity contribution in [2.75, 3.05) is 13.1 Å². The lowest BCUT2D eigenvalue weighted by Gasteiger charge is -2.32. The van der Waals surface area contributed by atoms with Gasteiger partial charge in [-0.15, -0.1) is 11.3 Å². The molecule has 0 aromatic carbocycles. The van der Waals surface area contributed by atoms with Crippen LogP contribution in [0.1, 0.15) is 36.1 Å². The van der Waals surface area contributed by atoms with Crippen LogP contribution in [-0.4, -0.2) is 30.1 Å². The van der Waals surface area contributed by atoms with E-state index in [0.29, 0.717) is 0 Å². The fourth-order valence-corrected chi connectivity index (χ4v) is 4.15. The number of hydrogen-bond donors (Lipinski definition) is 1. The zero-order valence-electron chi connectivity index (χ0n) is 10.6. The van der Waals surface area contributed by atoms with Gasteiger partial charge in [-0.2, -0.15) is 0 Å². The highest BCUT2D eigenvalue weighted by molar-refractivity contribution is 7.10. The van der Waals surface area contributed by atoms with Gasteiger partial charge in [-0.3, -0.25) is 4.90 Å². The summed E-state index contributed by atoms with van der Waals surface area (Å²) in [6.07, 6.45) is 5.58. The lowest BCUT2D eigenvalue weighted by molar-refractivity contribution is 0.180. The van der Waals surface area contributed by atoms with Crippen molar-refractivity contribution >= 4 is 11.3 Å². The number of piperidine rings is 1. The summed E-state index contributed by atoms with van der Waals surface area (Å²) >= 11 is 1.89. The molecule has 3 rings (SSSR count). The summed E-state index contributed by atoms with van der Waals surface area (Å²) in [5, 5.41) is 6.00. The maximum absolute atomic E-state index is 3.79. The molecule has 2 unspecified atom stereocenters. The van der Waals surface area contributed by atoms with Crippen LogP contribution in [0.15, 0.2) is 11.4 Å². The number of nitrogens with zero attached hydrogens (tertiary/aromatic N) is 1. The first kappa shape index (κ1) is 11.7. The predicted molar refractivity (Wildman–Crippen MR) is 73.5 cm³/mol. The van der Waals surface area contributed by atoms with Gasteiger partial charge in [-0.25, -0.2) is 0 Å². The summed E-state index contributed by atoms with van der Waals surface area (Å²) in [5.41, 5.74) is 1.45. The number of thiophene rings is 1. The van der Waals surface area contributed by atoms with Crippen LogP contribution in [0.5, 0.6) is 0 Å². The minimum absolute atomic E-state index is 0.733. The highest BCUT2D eigenvalue weighted by Gasteiger charge is 2.34. The molecule has 94 valence electrons. The van der Waals surface area contributed by atoms with E-state index in [2.05, 4.69) is 28.6 Å². The van der Waals surface area contributed by atoms with E-state index in [1.807, 2.05) is 11.3 Å². The number of rotatable bonds is 3. The van der Waals surface area contributed by atoms with Gasteiger partial charge in [0.15, 0.2) is 0 Å². The third-order valence-electron chi connectivity index (χ3n) is 4.35. The highest BCUT2D eigenvalue weighted by atomic mass is 32.1. The van der Waals surface area contributed by atoms with E-state index < -0.39 is 0 Å². The molecule has 3 heteroatoms. The maximum Gasteiger partial charge on any atom is 0.0305 e. The molecular weight excluding hydrogens is 228 g/mol. The second kappa shape index (κ2) is 5.09. The zero-order valence-corrected chi connectivity index (χ0v) is 11.4. The molecule has 1 aromatic rings. The van der Waals surface area contributed by atoms with E-state index in [1.165, 1.54) is 49.2 Å². The van der Waals surface area contributed by atoms with Gasteiger partial charge in [0, 0.05) is 30.1 Å². The second-order valence-electron chi connectivity index (χ2n) is 5.40. The molecule has 2 saturated heterocycles. The molecule has 1 aromatic heterocycles. The average molecular weight is 250 g/mol. The summed E-state index contributed by atoms with van der Waals surface area (Å²) in [6.45, 7) is 5.93. The quantitative estimate of drug-likeness (QED) is 0.887. The van der Waals surface area contributed by atoms with Crippen molar-refractivity contribution in [3.63, 3.8) is 0 Å². The van der Waals surface area contributed by atoms with Crippen molar-refractivity contribution in [2.45, 2.75) is 51.2 Å². The van der Waals surface area contributed by atoms with Crippen molar-refractivity contribution in [1.29, 1.82) is 0 Å². The summed E-state index contributed by atoms with van der Waals surface area (Å²) in [4.78, 5) is 4.21. The molecule has 3 heterocycles. The summed E-state index contributed by atoms with van der Waals surface area (Å²) in [5.74, 6) is 0. The normalized spacial score (nSPS) is 29.5. The van der Waals surface area contributed by atoms with Crippen LogP contribution < -0.4 is 5.32 Å². The van der Waals surface area contributed by atoms with Crippen molar-refractivity contribution in [3.05, 3.63) is 21.9 Å². The zero-order chi connectivity index (χ0) is 11.7. The number of hydrogen-bond acceptors (Lipinski definition) is 3. The van der Waals surface area contributed by atoms with Gasteiger partial charge in [-0.1, -0.05) is 6.42 Å². The molecule has 0 saturated carbocycles. The van der Waals surface area contributed by atoms with Gasteiger partial charge < -0.3 is 5.32 Å². The second-order valence-corrected chi connectivity index (χ2v) is 6.40. The Morgan fingerprint density at radius 1 is 1.35 bits per heavy atom. The van der Waals surface area contributed by atoms with Gasteiger partial charge in [0.25, 0.3) is 0 Å². The molecule has 2 atom stereocenters. The highest BCUT2D eigenvalue weighted by Crippen LogP contribution is 2.27. The lowest BCUT2D eigenvalue weighted by atomic mass is 9.99. The van der Waals surface area contributed by atoms with Crippen LogP contribution >= 0.6 is 11.3 Å². The largest absolute Gasteiger partial charge is 0.307 e. The molecule has 1 N–H and O–H groups in total. The van der Waals surface area contributed by atoms with Crippen molar-refractivity contribution < 1.29 is 0 Å². The molecule has 0 radical (unpaired) electrons. The molecule has 0 bridgehead atoms. The van der Waals surface area contributed by atoms with E-state index >= 15 is 0 Å². The molecule has 0 aliphatic carbocycles. The Hall–Kier alpha value is -0.380. The molecule has 0 spiro atoms. The topological polar surface area (TPSA) is 15.3 Å². The van der Waals surface area contributed by atoms with Gasteiger partial charge in [-0.05, 0) is 49.7 Å². The summed E-state index contributed by atoms with van der Waals surface area (Å²) in [7, 11) is 0. The molecule has 0 amide bonds. The summed E-state index contributed by atoms with van der Waals surface area (Å²) < 4.78 is 0. The Morgan fingerprint density at radius 3 is 3.12 bits per heavy atom.